The molecule has 2 rings (SSSR count). The van der Waals surface area contributed by atoms with Crippen molar-refractivity contribution in [3.05, 3.63) is 41.3 Å². The van der Waals surface area contributed by atoms with Crippen LogP contribution < -0.4 is 56.3 Å². The molecule has 0 aliphatic carbocycles. The first-order chi connectivity index (χ1) is 9.36. The second-order valence-corrected chi connectivity index (χ2v) is 5.41. The summed E-state index contributed by atoms with van der Waals surface area (Å²) in [5.74, 6) is 0. The summed E-state index contributed by atoms with van der Waals surface area (Å²) in [6.45, 7) is 0.753. The molecule has 0 radical (unpaired) electrons. The van der Waals surface area contributed by atoms with Crippen molar-refractivity contribution in [2.75, 3.05) is 37.6 Å². The number of benzene rings is 1. The monoisotopic (exact) mass is 342 g/mol. The van der Waals surface area contributed by atoms with Gasteiger partial charge in [0.25, 0.3) is 0 Å². The van der Waals surface area contributed by atoms with E-state index in [2.05, 4.69) is 11.5 Å². The Labute approximate surface area is 170 Å². The second kappa shape index (κ2) is 8.38. The summed E-state index contributed by atoms with van der Waals surface area (Å²) in [6, 6.07) is 7.49. The maximum absolute atomic E-state index is 12.5. The van der Waals surface area contributed by atoms with Crippen LogP contribution in [0.2, 0.25) is 5.02 Å². The van der Waals surface area contributed by atoms with Crippen LogP contribution in [0.15, 0.2) is 36.3 Å². The Kier molecular flexibility index (Phi) is 7.80. The minimum Gasteiger partial charge on any atom is -0.445 e. The van der Waals surface area contributed by atoms with Crippen molar-refractivity contribution in [1.29, 1.82) is 0 Å². The average Bonchev–Trinajstić information content (AvgIpc) is 2.39. The predicted molar refractivity (Wildman–Crippen MR) is 78.3 cm³/mol. The molecule has 0 bridgehead atoms. The summed E-state index contributed by atoms with van der Waals surface area (Å²) >= 11 is 5.83. The summed E-state index contributed by atoms with van der Waals surface area (Å²) in [5.41, 5.74) is 0.429. The Bertz CT molecular complexity index is 473. The van der Waals surface area contributed by atoms with Gasteiger partial charge in [-0.1, -0.05) is 11.6 Å². The molecule has 1 heterocycles. The van der Waals surface area contributed by atoms with Gasteiger partial charge in [0, 0.05) is 36.9 Å². The molecule has 1 aliphatic heterocycles. The van der Waals surface area contributed by atoms with E-state index in [9.17, 15) is 12.9 Å². The van der Waals surface area contributed by atoms with Crippen LogP contribution in [-0.2, 0) is 0 Å². The number of hydrogen-bond donors (Lipinski definition) is 0. The first-order valence-electron chi connectivity index (χ1n) is 6.47. The molecular formula is C13H16BClF3KN2. The fourth-order valence-corrected chi connectivity index (χ4v) is 2.33. The standard InChI is InChI=1S/C13H16BClF3N2.K/c1-11(14(16,17)18)10-19-6-8-20(9-7-19)13-4-2-12(15)3-5-13;/h2-5H,1,6-10H2;/q-1;+1. The third kappa shape index (κ3) is 5.90. The van der Waals surface area contributed by atoms with Crippen molar-refractivity contribution >= 4 is 24.3 Å². The van der Waals surface area contributed by atoms with E-state index in [4.69, 9.17) is 11.6 Å². The van der Waals surface area contributed by atoms with E-state index < -0.39 is 12.4 Å². The number of anilines is 1. The third-order valence-corrected chi connectivity index (χ3v) is 3.71. The summed E-state index contributed by atoms with van der Waals surface area (Å²) in [4.78, 5) is 3.94. The summed E-state index contributed by atoms with van der Waals surface area (Å²) in [5, 5.41) is 0.677. The molecule has 0 N–H and O–H groups in total. The molecular weight excluding hydrogens is 327 g/mol. The van der Waals surface area contributed by atoms with Gasteiger partial charge in [-0.15, -0.1) is 12.1 Å². The maximum atomic E-state index is 12.5. The Hall–Kier alpha value is 0.501. The molecule has 0 atom stereocenters. The molecule has 0 amide bonds. The van der Waals surface area contributed by atoms with Crippen molar-refractivity contribution < 1.29 is 64.3 Å². The number of piperazine rings is 1. The Morgan fingerprint density at radius 2 is 1.62 bits per heavy atom. The number of rotatable bonds is 4. The molecule has 1 aliphatic rings. The zero-order valence-electron chi connectivity index (χ0n) is 12.0. The minimum atomic E-state index is -4.93. The van der Waals surface area contributed by atoms with Crippen LogP contribution in [-0.4, -0.2) is 44.6 Å². The maximum Gasteiger partial charge on any atom is 1.00 e. The molecule has 0 unspecified atom stereocenters. The normalized spacial score (nSPS) is 16.5. The van der Waals surface area contributed by atoms with E-state index in [1.165, 1.54) is 0 Å². The van der Waals surface area contributed by atoms with Crippen molar-refractivity contribution in [3.8, 4) is 0 Å². The molecule has 8 heteroatoms. The van der Waals surface area contributed by atoms with Gasteiger partial charge in [-0.25, -0.2) is 0 Å². The molecule has 110 valence electrons. The third-order valence-electron chi connectivity index (χ3n) is 3.45. The van der Waals surface area contributed by atoms with Gasteiger partial charge in [-0.05, 0) is 30.8 Å². The summed E-state index contributed by atoms with van der Waals surface area (Å²) in [7, 11) is 0. The van der Waals surface area contributed by atoms with E-state index in [1.807, 2.05) is 24.3 Å². The smallest absolute Gasteiger partial charge is 0.445 e. The van der Waals surface area contributed by atoms with Gasteiger partial charge in [0.1, 0.15) is 0 Å². The van der Waals surface area contributed by atoms with Gasteiger partial charge in [-0.2, -0.15) is 0 Å². The fraction of sp³-hybridized carbons (Fsp3) is 0.385. The number of halogens is 4. The van der Waals surface area contributed by atoms with E-state index in [1.54, 1.807) is 4.90 Å². The van der Waals surface area contributed by atoms with Gasteiger partial charge in [0.05, 0.1) is 0 Å². The van der Waals surface area contributed by atoms with Gasteiger partial charge >= 0.3 is 58.4 Å². The van der Waals surface area contributed by atoms with Crippen molar-refractivity contribution in [1.82, 2.24) is 4.90 Å². The van der Waals surface area contributed by atoms with Crippen LogP contribution in [0.5, 0.6) is 0 Å². The minimum absolute atomic E-state index is 0. The molecule has 2 nitrogen and oxygen atoms in total. The van der Waals surface area contributed by atoms with Gasteiger partial charge in [0.2, 0.25) is 0 Å². The molecule has 0 aromatic heterocycles. The van der Waals surface area contributed by atoms with Crippen LogP contribution in [0, 0.1) is 0 Å². The topological polar surface area (TPSA) is 6.48 Å². The van der Waals surface area contributed by atoms with Crippen molar-refractivity contribution in [3.63, 3.8) is 0 Å². The zero-order valence-corrected chi connectivity index (χ0v) is 15.9. The molecule has 1 aromatic carbocycles. The summed E-state index contributed by atoms with van der Waals surface area (Å²) < 4.78 is 37.5. The molecule has 21 heavy (non-hydrogen) atoms. The second-order valence-electron chi connectivity index (χ2n) is 4.97. The van der Waals surface area contributed by atoms with Crippen LogP contribution in [0.3, 0.4) is 0 Å². The van der Waals surface area contributed by atoms with Gasteiger partial charge in [-0.3, -0.25) is 4.90 Å². The van der Waals surface area contributed by atoms with Crippen LogP contribution in [0.25, 0.3) is 0 Å². The van der Waals surface area contributed by atoms with E-state index in [-0.39, 0.29) is 57.9 Å². The molecule has 1 saturated heterocycles. The van der Waals surface area contributed by atoms with Crippen LogP contribution in [0.4, 0.5) is 18.6 Å². The number of nitrogens with zero attached hydrogens (tertiary/aromatic N) is 2. The first kappa shape index (κ1) is 19.5. The van der Waals surface area contributed by atoms with Gasteiger partial charge < -0.3 is 17.8 Å². The molecule has 1 fully saturated rings. The van der Waals surface area contributed by atoms with Crippen molar-refractivity contribution in [2.24, 2.45) is 0 Å². The van der Waals surface area contributed by atoms with Crippen LogP contribution >= 0.6 is 11.6 Å². The van der Waals surface area contributed by atoms with Crippen LogP contribution in [0.1, 0.15) is 0 Å². The Morgan fingerprint density at radius 3 is 2.10 bits per heavy atom. The molecule has 0 spiro atoms. The number of hydrogen-bond acceptors (Lipinski definition) is 2. The Morgan fingerprint density at radius 1 is 1.10 bits per heavy atom. The largest absolute Gasteiger partial charge is 1.00 e. The first-order valence-corrected chi connectivity index (χ1v) is 6.84. The molecule has 1 aromatic rings. The predicted octanol–water partition coefficient (Wildman–Crippen LogP) is 0.409. The zero-order chi connectivity index (χ0) is 14.8. The SMILES string of the molecule is C=C(CN1CCN(c2ccc(Cl)cc2)CC1)[B-](F)(F)F.[K+]. The molecule has 0 saturated carbocycles. The van der Waals surface area contributed by atoms with Gasteiger partial charge in [0.15, 0.2) is 0 Å². The average molecular weight is 343 g/mol. The van der Waals surface area contributed by atoms with Crippen molar-refractivity contribution in [2.45, 2.75) is 0 Å². The van der Waals surface area contributed by atoms with E-state index in [0.29, 0.717) is 31.2 Å². The quantitative estimate of drug-likeness (QED) is 0.731. The van der Waals surface area contributed by atoms with E-state index >= 15 is 0 Å². The Balaban J connectivity index is 0.00000220. The fourth-order valence-electron chi connectivity index (χ4n) is 2.21. The van der Waals surface area contributed by atoms with E-state index in [0.717, 1.165) is 5.69 Å². The summed E-state index contributed by atoms with van der Waals surface area (Å²) in [6.07, 6.45) is 0.